The molecule has 0 bridgehead atoms. The molecule has 14 heavy (non-hydrogen) atoms. The van der Waals surface area contributed by atoms with Crippen molar-refractivity contribution in [3.05, 3.63) is 0 Å². The molecule has 0 radical (unpaired) electrons. The zero-order chi connectivity index (χ0) is 11.8. The van der Waals surface area contributed by atoms with Crippen LogP contribution < -0.4 is 0 Å². The topological polar surface area (TPSA) is 0 Å². The summed E-state index contributed by atoms with van der Waals surface area (Å²) in [6.07, 6.45) is 4.15. The highest BCUT2D eigenvalue weighted by atomic mass is 14.2. The monoisotopic (exact) mass is 200 g/mol. The quantitative estimate of drug-likeness (QED) is 0.562. The number of hydrogen-bond donors (Lipinski definition) is 0. The van der Waals surface area contributed by atoms with Gasteiger partial charge >= 0.3 is 0 Å². The minimum atomic E-state index is 0.500. The Hall–Kier alpha value is 0. The Morgan fingerprint density at radius 3 is 1.36 bits per heavy atom. The van der Waals surface area contributed by atoms with Gasteiger partial charge in [0, 0.05) is 0 Å². The van der Waals surface area contributed by atoms with Gasteiger partial charge in [-0.1, -0.05) is 74.7 Å². The van der Waals surface area contributed by atoms with Crippen LogP contribution in [0.4, 0.5) is 0 Å². The predicted octanol–water partition coefficient (Wildman–Crippen LogP) is 5.52. The highest BCUT2D eigenvalue weighted by molar-refractivity contribution is 4.64. The lowest BCUT2D eigenvalue weighted by Gasteiger charge is -2.22. The minimum Gasteiger partial charge on any atom is -0.0654 e. The Bertz CT molecular complexity index is 104. The molecule has 0 aliphatic rings. The van der Waals surface area contributed by atoms with Crippen molar-refractivity contribution >= 4 is 0 Å². The zero-order valence-corrected chi connectivity index (χ0v) is 11.8. The Morgan fingerprint density at radius 2 is 1.29 bits per heavy atom. The summed E-state index contributed by atoms with van der Waals surface area (Å²) in [7, 11) is 0. The Balaban J connectivity index is 0. The van der Waals surface area contributed by atoms with Crippen LogP contribution >= 0.6 is 0 Å². The molecule has 0 aromatic rings. The second kappa shape index (κ2) is 8.32. The molecular formula is C14H32. The molecule has 0 heterocycles. The largest absolute Gasteiger partial charge is 0.0654 e. The maximum atomic E-state index is 2.27. The van der Waals surface area contributed by atoms with E-state index in [0.29, 0.717) is 5.41 Å². The summed E-state index contributed by atoms with van der Waals surface area (Å²) >= 11 is 0. The average Bonchev–Trinajstić information content (AvgIpc) is 2.00. The third kappa shape index (κ3) is 14.5. The van der Waals surface area contributed by atoms with E-state index in [4.69, 9.17) is 0 Å². The highest BCUT2D eigenvalue weighted by Crippen LogP contribution is 2.23. The van der Waals surface area contributed by atoms with Crippen LogP contribution in [0.15, 0.2) is 0 Å². The van der Waals surface area contributed by atoms with Gasteiger partial charge in [-0.05, 0) is 17.3 Å². The van der Waals surface area contributed by atoms with E-state index < -0.39 is 0 Å². The van der Waals surface area contributed by atoms with Crippen LogP contribution in [0.3, 0.4) is 0 Å². The summed E-state index contributed by atoms with van der Waals surface area (Å²) in [6, 6.07) is 0. The number of rotatable bonds is 3. The van der Waals surface area contributed by atoms with Crippen molar-refractivity contribution in [2.45, 2.75) is 74.7 Å². The SMILES string of the molecule is CC(C)C(C)(C)C.CCCCC(C)C. The van der Waals surface area contributed by atoms with Crippen LogP contribution in [-0.2, 0) is 0 Å². The molecule has 0 aliphatic heterocycles. The first kappa shape index (κ1) is 16.4. The van der Waals surface area contributed by atoms with Crippen molar-refractivity contribution < 1.29 is 0 Å². The Kier molecular flexibility index (Phi) is 9.76. The van der Waals surface area contributed by atoms with Crippen LogP contribution in [0.1, 0.15) is 74.7 Å². The third-order valence-corrected chi connectivity index (χ3v) is 2.87. The van der Waals surface area contributed by atoms with Gasteiger partial charge in [0.05, 0.1) is 0 Å². The number of unbranched alkanes of at least 4 members (excludes halogenated alkanes) is 1. The van der Waals surface area contributed by atoms with Gasteiger partial charge in [0.1, 0.15) is 0 Å². The summed E-state index contributed by atoms with van der Waals surface area (Å²) in [5, 5.41) is 0. The van der Waals surface area contributed by atoms with E-state index in [9.17, 15) is 0 Å². The van der Waals surface area contributed by atoms with E-state index in [0.717, 1.165) is 11.8 Å². The molecule has 88 valence electrons. The molecule has 0 saturated carbocycles. The fourth-order valence-corrected chi connectivity index (χ4v) is 0.612. The maximum absolute atomic E-state index is 2.27. The van der Waals surface area contributed by atoms with E-state index in [1.54, 1.807) is 0 Å². The lowest BCUT2D eigenvalue weighted by Crippen LogP contribution is -2.12. The van der Waals surface area contributed by atoms with Crippen LogP contribution in [0.5, 0.6) is 0 Å². The van der Waals surface area contributed by atoms with Gasteiger partial charge in [0.15, 0.2) is 0 Å². The Labute approximate surface area is 92.5 Å². The molecule has 0 rings (SSSR count). The molecule has 0 saturated heterocycles. The van der Waals surface area contributed by atoms with Crippen LogP contribution in [0, 0.1) is 17.3 Å². The minimum absolute atomic E-state index is 0.500. The average molecular weight is 200 g/mol. The van der Waals surface area contributed by atoms with Crippen molar-refractivity contribution in [1.29, 1.82) is 0 Å². The van der Waals surface area contributed by atoms with Gasteiger partial charge in [-0.2, -0.15) is 0 Å². The second-order valence-corrected chi connectivity index (χ2v) is 6.06. The van der Waals surface area contributed by atoms with E-state index in [2.05, 4.69) is 55.4 Å². The van der Waals surface area contributed by atoms with Crippen molar-refractivity contribution in [3.8, 4) is 0 Å². The first-order chi connectivity index (χ1) is 6.21. The molecule has 0 aromatic heterocycles. The summed E-state index contributed by atoms with van der Waals surface area (Å²) in [5.41, 5.74) is 0.500. The zero-order valence-electron chi connectivity index (χ0n) is 11.8. The second-order valence-electron chi connectivity index (χ2n) is 6.06. The summed E-state index contributed by atoms with van der Waals surface area (Å²) in [6.45, 7) is 18.1. The van der Waals surface area contributed by atoms with E-state index >= 15 is 0 Å². The molecule has 0 amide bonds. The summed E-state index contributed by atoms with van der Waals surface area (Å²) in [4.78, 5) is 0. The molecule has 0 atom stereocenters. The lowest BCUT2D eigenvalue weighted by atomic mass is 9.84. The van der Waals surface area contributed by atoms with Crippen molar-refractivity contribution in [2.75, 3.05) is 0 Å². The molecular weight excluding hydrogens is 168 g/mol. The first-order valence-electron chi connectivity index (χ1n) is 6.21. The lowest BCUT2D eigenvalue weighted by molar-refractivity contribution is 0.283. The van der Waals surface area contributed by atoms with Crippen molar-refractivity contribution in [2.24, 2.45) is 17.3 Å². The molecule has 0 aliphatic carbocycles. The third-order valence-electron chi connectivity index (χ3n) is 2.87. The molecule has 0 spiro atoms. The summed E-state index contributed by atoms with van der Waals surface area (Å²) in [5.74, 6) is 1.70. The molecule has 0 nitrogen and oxygen atoms in total. The maximum Gasteiger partial charge on any atom is -0.0360 e. The molecule has 0 unspecified atom stereocenters. The van der Waals surface area contributed by atoms with E-state index in [1.165, 1.54) is 19.3 Å². The molecule has 0 N–H and O–H groups in total. The van der Waals surface area contributed by atoms with Crippen molar-refractivity contribution in [3.63, 3.8) is 0 Å². The van der Waals surface area contributed by atoms with Gasteiger partial charge in [-0.3, -0.25) is 0 Å². The molecule has 0 heteroatoms. The van der Waals surface area contributed by atoms with E-state index in [1.807, 2.05) is 0 Å². The smallest absolute Gasteiger partial charge is 0.0360 e. The van der Waals surface area contributed by atoms with E-state index in [-0.39, 0.29) is 0 Å². The first-order valence-corrected chi connectivity index (χ1v) is 6.21. The summed E-state index contributed by atoms with van der Waals surface area (Å²) < 4.78 is 0. The highest BCUT2D eigenvalue weighted by Gasteiger charge is 2.13. The predicted molar refractivity (Wildman–Crippen MR) is 68.7 cm³/mol. The van der Waals surface area contributed by atoms with Crippen LogP contribution in [0.25, 0.3) is 0 Å². The normalized spacial score (nSPS) is 11.6. The number of hydrogen-bond acceptors (Lipinski definition) is 0. The molecule has 0 aromatic carbocycles. The van der Waals surface area contributed by atoms with Gasteiger partial charge < -0.3 is 0 Å². The van der Waals surface area contributed by atoms with Crippen molar-refractivity contribution in [1.82, 2.24) is 0 Å². The van der Waals surface area contributed by atoms with Gasteiger partial charge in [-0.25, -0.2) is 0 Å². The standard InChI is InChI=1S/2C7H16/c1-6(2)7(3,4)5;1-4-5-6-7(2)3/h6H,1-5H3;7H,4-6H2,1-3H3. The van der Waals surface area contributed by atoms with Gasteiger partial charge in [0.2, 0.25) is 0 Å². The fraction of sp³-hybridized carbons (Fsp3) is 1.00. The Morgan fingerprint density at radius 1 is 0.929 bits per heavy atom. The fourth-order valence-electron chi connectivity index (χ4n) is 0.612. The van der Waals surface area contributed by atoms with Gasteiger partial charge in [-0.15, -0.1) is 0 Å². The van der Waals surface area contributed by atoms with Crippen LogP contribution in [0.2, 0.25) is 0 Å². The molecule has 0 fully saturated rings. The van der Waals surface area contributed by atoms with Crippen LogP contribution in [-0.4, -0.2) is 0 Å². The van der Waals surface area contributed by atoms with Gasteiger partial charge in [0.25, 0.3) is 0 Å².